The minimum absolute atomic E-state index is 0.0647. The van der Waals surface area contributed by atoms with E-state index >= 15 is 0 Å². The summed E-state index contributed by atoms with van der Waals surface area (Å²) >= 11 is 3.66. The molecule has 0 radical (unpaired) electrons. The molecule has 152 valence electrons. The van der Waals surface area contributed by atoms with Crippen LogP contribution in [0, 0.1) is 0 Å². The first-order valence-electron chi connectivity index (χ1n) is 9.94. The van der Waals surface area contributed by atoms with Crippen molar-refractivity contribution in [3.8, 4) is 11.4 Å². The topological polar surface area (TPSA) is 46.9 Å². The summed E-state index contributed by atoms with van der Waals surface area (Å²) < 4.78 is 2.98. The van der Waals surface area contributed by atoms with E-state index in [9.17, 15) is 4.79 Å². The van der Waals surface area contributed by atoms with Gasteiger partial charge in [-0.05, 0) is 44.5 Å². The molecule has 1 heterocycles. The molecule has 30 heavy (non-hydrogen) atoms. The second-order valence-corrected chi connectivity index (χ2v) is 9.18. The Labute approximate surface area is 185 Å². The van der Waals surface area contributed by atoms with Gasteiger partial charge in [-0.1, -0.05) is 76.6 Å². The van der Waals surface area contributed by atoms with E-state index in [1.54, 1.807) is 0 Å². The van der Waals surface area contributed by atoms with Gasteiger partial charge in [-0.25, -0.2) is 4.98 Å². The molecule has 0 saturated heterocycles. The van der Waals surface area contributed by atoms with E-state index in [0.717, 1.165) is 32.5 Å². The normalized spacial score (nSPS) is 12.7. The van der Waals surface area contributed by atoms with Gasteiger partial charge in [0.2, 0.25) is 5.91 Å². The van der Waals surface area contributed by atoms with Gasteiger partial charge in [0, 0.05) is 15.6 Å². The van der Waals surface area contributed by atoms with Gasteiger partial charge in [0.1, 0.15) is 11.9 Å². The number of para-hydroxylation sites is 2. The molecule has 0 aliphatic carbocycles. The van der Waals surface area contributed by atoms with Crippen molar-refractivity contribution < 1.29 is 4.79 Å². The average Bonchev–Trinajstić information content (AvgIpc) is 3.07. The van der Waals surface area contributed by atoms with Gasteiger partial charge < -0.3 is 9.88 Å². The van der Waals surface area contributed by atoms with E-state index in [1.807, 2.05) is 104 Å². The highest BCUT2D eigenvalue weighted by molar-refractivity contribution is 9.10. The van der Waals surface area contributed by atoms with Crippen LogP contribution < -0.4 is 5.32 Å². The molecular weight excluding hydrogens is 438 g/mol. The zero-order valence-electron chi connectivity index (χ0n) is 17.3. The first kappa shape index (κ1) is 20.4. The molecule has 4 rings (SSSR count). The number of fused-ring (bicyclic) bond motifs is 1. The first-order chi connectivity index (χ1) is 14.3. The highest BCUT2D eigenvalue weighted by Crippen LogP contribution is 2.35. The van der Waals surface area contributed by atoms with Crippen LogP contribution in [-0.4, -0.2) is 21.0 Å². The van der Waals surface area contributed by atoms with Crippen LogP contribution in [0.3, 0.4) is 0 Å². The third-order valence-electron chi connectivity index (χ3n) is 4.83. The summed E-state index contributed by atoms with van der Waals surface area (Å²) in [7, 11) is 0. The number of hydrogen-bond donors (Lipinski definition) is 1. The fourth-order valence-corrected chi connectivity index (χ4v) is 4.09. The van der Waals surface area contributed by atoms with E-state index in [1.165, 1.54) is 0 Å². The smallest absolute Gasteiger partial charge is 0.248 e. The van der Waals surface area contributed by atoms with E-state index in [2.05, 4.69) is 21.2 Å². The Kier molecular flexibility index (Phi) is 5.48. The van der Waals surface area contributed by atoms with E-state index in [4.69, 9.17) is 4.98 Å². The number of amides is 1. The van der Waals surface area contributed by atoms with Crippen molar-refractivity contribution in [3.05, 3.63) is 88.9 Å². The standard InChI is InChI=1S/C25H24BrN3O/c1-25(2,3)28-24(30)22(17-11-5-4-6-12-17)29-21-16-10-9-15-20(21)27-23(29)18-13-7-8-14-19(18)26/h4-16,22H,1-3H3,(H,28,30). The Morgan fingerprint density at radius 2 is 1.57 bits per heavy atom. The Morgan fingerprint density at radius 1 is 0.933 bits per heavy atom. The summed E-state index contributed by atoms with van der Waals surface area (Å²) in [5.41, 5.74) is 3.27. The number of rotatable bonds is 4. The Balaban J connectivity index is 2.01. The molecule has 0 fully saturated rings. The molecule has 1 atom stereocenters. The van der Waals surface area contributed by atoms with Gasteiger partial charge in [-0.15, -0.1) is 0 Å². The van der Waals surface area contributed by atoms with Crippen molar-refractivity contribution in [1.29, 1.82) is 0 Å². The number of aromatic nitrogens is 2. The van der Waals surface area contributed by atoms with Gasteiger partial charge in [0.15, 0.2) is 0 Å². The second-order valence-electron chi connectivity index (χ2n) is 8.33. The zero-order chi connectivity index (χ0) is 21.3. The van der Waals surface area contributed by atoms with Crippen LogP contribution in [0.4, 0.5) is 0 Å². The van der Waals surface area contributed by atoms with Gasteiger partial charge >= 0.3 is 0 Å². The number of carbonyl (C=O) groups is 1. The molecule has 4 nitrogen and oxygen atoms in total. The van der Waals surface area contributed by atoms with Gasteiger partial charge in [-0.2, -0.15) is 0 Å². The quantitative estimate of drug-likeness (QED) is 0.406. The molecule has 0 spiro atoms. The third-order valence-corrected chi connectivity index (χ3v) is 5.52. The zero-order valence-corrected chi connectivity index (χ0v) is 18.8. The number of nitrogens with one attached hydrogen (secondary N) is 1. The van der Waals surface area contributed by atoms with Crippen LogP contribution in [0.1, 0.15) is 32.4 Å². The molecule has 0 bridgehead atoms. The maximum absolute atomic E-state index is 13.6. The Morgan fingerprint density at radius 3 is 2.27 bits per heavy atom. The summed E-state index contributed by atoms with van der Waals surface area (Å²) in [4.78, 5) is 18.5. The Bertz CT molecular complexity index is 1190. The SMILES string of the molecule is CC(C)(C)NC(=O)C(c1ccccc1)n1c(-c2ccccc2Br)nc2ccccc21. The molecule has 0 aliphatic rings. The summed E-state index contributed by atoms with van der Waals surface area (Å²) in [6, 6.07) is 25.2. The molecule has 3 aromatic carbocycles. The molecule has 0 saturated carbocycles. The predicted molar refractivity (Wildman–Crippen MR) is 125 cm³/mol. The van der Waals surface area contributed by atoms with Crippen molar-refractivity contribution in [2.75, 3.05) is 0 Å². The number of imidazole rings is 1. The monoisotopic (exact) mass is 461 g/mol. The van der Waals surface area contributed by atoms with Crippen LogP contribution >= 0.6 is 15.9 Å². The molecule has 1 amide bonds. The maximum Gasteiger partial charge on any atom is 0.248 e. The lowest BCUT2D eigenvalue weighted by atomic mass is 10.0. The highest BCUT2D eigenvalue weighted by atomic mass is 79.9. The van der Waals surface area contributed by atoms with Gasteiger partial charge in [0.25, 0.3) is 0 Å². The predicted octanol–water partition coefficient (Wildman–Crippen LogP) is 5.97. The highest BCUT2D eigenvalue weighted by Gasteiger charge is 2.30. The number of hydrogen-bond acceptors (Lipinski definition) is 2. The summed E-state index contributed by atoms with van der Waals surface area (Å²) in [5, 5.41) is 3.16. The minimum atomic E-state index is -0.556. The Hall–Kier alpha value is -2.92. The number of benzene rings is 3. The lowest BCUT2D eigenvalue weighted by molar-refractivity contribution is -0.124. The molecular formula is C25H24BrN3O. The van der Waals surface area contributed by atoms with Crippen molar-refractivity contribution in [2.45, 2.75) is 32.4 Å². The summed E-state index contributed by atoms with van der Waals surface area (Å²) in [6.07, 6.45) is 0. The molecule has 1 aromatic heterocycles. The van der Waals surface area contributed by atoms with Crippen molar-refractivity contribution >= 4 is 32.9 Å². The summed E-state index contributed by atoms with van der Waals surface area (Å²) in [6.45, 7) is 5.98. The largest absolute Gasteiger partial charge is 0.349 e. The summed E-state index contributed by atoms with van der Waals surface area (Å²) in [5.74, 6) is 0.687. The number of halogens is 1. The maximum atomic E-state index is 13.6. The first-order valence-corrected chi connectivity index (χ1v) is 10.7. The van der Waals surface area contributed by atoms with E-state index in [-0.39, 0.29) is 11.4 Å². The lowest BCUT2D eigenvalue weighted by Gasteiger charge is -2.27. The fourth-order valence-electron chi connectivity index (χ4n) is 3.63. The lowest BCUT2D eigenvalue weighted by Crippen LogP contribution is -2.44. The van der Waals surface area contributed by atoms with Gasteiger partial charge in [-0.3, -0.25) is 4.79 Å². The van der Waals surface area contributed by atoms with Crippen LogP contribution in [0.15, 0.2) is 83.3 Å². The van der Waals surface area contributed by atoms with Gasteiger partial charge in [0.05, 0.1) is 11.0 Å². The average molecular weight is 462 g/mol. The molecule has 5 heteroatoms. The molecule has 1 N–H and O–H groups in total. The third kappa shape index (κ3) is 4.03. The van der Waals surface area contributed by atoms with Crippen LogP contribution in [0.25, 0.3) is 22.4 Å². The second kappa shape index (κ2) is 8.07. The number of nitrogens with zero attached hydrogens (tertiary/aromatic N) is 2. The molecule has 4 aromatic rings. The molecule has 1 unspecified atom stereocenters. The fraction of sp³-hybridized carbons (Fsp3) is 0.200. The van der Waals surface area contributed by atoms with Crippen LogP contribution in [0.2, 0.25) is 0 Å². The van der Waals surface area contributed by atoms with Crippen molar-refractivity contribution in [1.82, 2.24) is 14.9 Å². The van der Waals surface area contributed by atoms with E-state index < -0.39 is 6.04 Å². The van der Waals surface area contributed by atoms with E-state index in [0.29, 0.717) is 0 Å². The molecule has 0 aliphatic heterocycles. The van der Waals surface area contributed by atoms with Crippen molar-refractivity contribution in [3.63, 3.8) is 0 Å². The van der Waals surface area contributed by atoms with Crippen LogP contribution in [0.5, 0.6) is 0 Å². The number of carbonyl (C=O) groups excluding carboxylic acids is 1. The minimum Gasteiger partial charge on any atom is -0.349 e. The van der Waals surface area contributed by atoms with Crippen LogP contribution in [-0.2, 0) is 4.79 Å². The van der Waals surface area contributed by atoms with Crippen molar-refractivity contribution in [2.24, 2.45) is 0 Å².